The van der Waals surface area contributed by atoms with Gasteiger partial charge in [-0.25, -0.2) is 13.4 Å². The van der Waals surface area contributed by atoms with Crippen molar-refractivity contribution in [2.45, 2.75) is 65.7 Å². The van der Waals surface area contributed by atoms with E-state index in [1.165, 1.54) is 5.56 Å². The van der Waals surface area contributed by atoms with E-state index in [0.717, 1.165) is 39.1 Å². The van der Waals surface area contributed by atoms with E-state index in [0.29, 0.717) is 42.8 Å². The van der Waals surface area contributed by atoms with Crippen LogP contribution in [0.3, 0.4) is 0 Å². The average Bonchev–Trinajstić information content (AvgIpc) is 3.35. The first-order valence-electron chi connectivity index (χ1n) is 13.5. The van der Waals surface area contributed by atoms with Gasteiger partial charge in [-0.05, 0) is 79.5 Å². The Morgan fingerprint density at radius 2 is 1.33 bits per heavy atom. The number of nitrogens with zero attached hydrogens (tertiary/aromatic N) is 6. The minimum absolute atomic E-state index is 0.0800. The van der Waals surface area contributed by atoms with Gasteiger partial charge in [0.1, 0.15) is 0 Å². The molecule has 0 bridgehead atoms. The summed E-state index contributed by atoms with van der Waals surface area (Å²) >= 11 is 0. The predicted molar refractivity (Wildman–Crippen MR) is 156 cm³/mol. The Labute approximate surface area is 231 Å². The van der Waals surface area contributed by atoms with Crippen LogP contribution in [0.25, 0.3) is 17.0 Å². The van der Waals surface area contributed by atoms with E-state index in [4.69, 9.17) is 5.10 Å². The van der Waals surface area contributed by atoms with Crippen LogP contribution in [0.2, 0.25) is 0 Å². The summed E-state index contributed by atoms with van der Waals surface area (Å²) in [6, 6.07) is 10.5. The first-order chi connectivity index (χ1) is 18.3. The number of hydrogen-bond donors (Lipinski definition) is 0. The topological polar surface area (TPSA) is 83.7 Å². The molecule has 1 aliphatic heterocycles. The Balaban J connectivity index is 1.39. The van der Waals surface area contributed by atoms with Crippen LogP contribution >= 0.6 is 0 Å². The zero-order chi connectivity index (χ0) is 28.3. The molecule has 0 atom stereocenters. The summed E-state index contributed by atoms with van der Waals surface area (Å²) in [4.78, 5) is 11.6. The zero-order valence-corrected chi connectivity index (χ0v) is 25.0. The molecule has 4 aromatic rings. The fourth-order valence-electron chi connectivity index (χ4n) is 5.39. The lowest BCUT2D eigenvalue weighted by Crippen LogP contribution is -2.49. The summed E-state index contributed by atoms with van der Waals surface area (Å²) in [7, 11) is -3.62. The number of rotatable bonds is 4. The number of benzene rings is 2. The van der Waals surface area contributed by atoms with Gasteiger partial charge in [-0.2, -0.15) is 13.8 Å². The Morgan fingerprint density at radius 1 is 0.769 bits per heavy atom. The van der Waals surface area contributed by atoms with E-state index in [2.05, 4.69) is 61.9 Å². The van der Waals surface area contributed by atoms with Gasteiger partial charge in [0.15, 0.2) is 0 Å². The highest BCUT2D eigenvalue weighted by Gasteiger charge is 2.33. The molecule has 1 aliphatic rings. The molecule has 9 heteroatoms. The van der Waals surface area contributed by atoms with Crippen LogP contribution in [-0.4, -0.2) is 58.5 Å². The molecular formula is C30H38N6O2S. The fraction of sp³-hybridized carbons (Fsp3) is 0.433. The number of piperazine rings is 1. The highest BCUT2D eigenvalue weighted by molar-refractivity contribution is 7.89. The number of aromatic nitrogens is 4. The van der Waals surface area contributed by atoms with Crippen molar-refractivity contribution in [1.29, 1.82) is 0 Å². The number of sulfonamides is 1. The van der Waals surface area contributed by atoms with Crippen LogP contribution in [0.15, 0.2) is 41.4 Å². The van der Waals surface area contributed by atoms with E-state index in [-0.39, 0.29) is 5.41 Å². The van der Waals surface area contributed by atoms with E-state index >= 15 is 0 Å². The molecule has 2 aromatic heterocycles. The van der Waals surface area contributed by atoms with Gasteiger partial charge in [0.25, 0.3) is 5.78 Å². The summed E-state index contributed by atoms with van der Waals surface area (Å²) in [5, 5.41) is 4.79. The minimum atomic E-state index is -3.62. The van der Waals surface area contributed by atoms with Gasteiger partial charge in [-0.3, -0.25) is 0 Å². The first-order valence-corrected chi connectivity index (χ1v) is 14.9. The molecule has 0 aliphatic carbocycles. The normalized spacial score (nSPS) is 15.3. The van der Waals surface area contributed by atoms with Crippen molar-refractivity contribution in [3.05, 3.63) is 69.9 Å². The van der Waals surface area contributed by atoms with Gasteiger partial charge in [-0.15, -0.1) is 5.10 Å². The Kier molecular flexibility index (Phi) is 6.79. The van der Waals surface area contributed by atoms with Crippen LogP contribution in [0.4, 0.5) is 5.95 Å². The summed E-state index contributed by atoms with van der Waals surface area (Å²) in [5.74, 6) is 1.09. The third kappa shape index (κ3) is 4.72. The van der Waals surface area contributed by atoms with Crippen molar-refractivity contribution in [1.82, 2.24) is 23.9 Å². The summed E-state index contributed by atoms with van der Waals surface area (Å²) in [6.07, 6.45) is 1.75. The standard InChI is InChI=1S/C30H38N6O2S/c1-19-20(2)22(4)27(23(5)21(19)3)39(37,38)35-17-15-34(16-18-35)29-32-28-31-14-13-26(36(28)33-29)24-9-11-25(12-10-24)30(6,7)8/h9-14H,15-18H2,1-8H3. The predicted octanol–water partition coefficient (Wildman–Crippen LogP) is 5.14. The molecule has 0 amide bonds. The maximum Gasteiger partial charge on any atom is 0.254 e. The van der Waals surface area contributed by atoms with E-state index in [9.17, 15) is 8.42 Å². The van der Waals surface area contributed by atoms with Crippen LogP contribution in [-0.2, 0) is 15.4 Å². The lowest BCUT2D eigenvalue weighted by atomic mass is 9.86. The second-order valence-corrected chi connectivity index (χ2v) is 13.5. The summed E-state index contributed by atoms with van der Waals surface area (Å²) < 4.78 is 30.9. The molecule has 8 nitrogen and oxygen atoms in total. The van der Waals surface area contributed by atoms with Gasteiger partial charge in [-0.1, -0.05) is 45.0 Å². The summed E-state index contributed by atoms with van der Waals surface area (Å²) in [6.45, 7) is 18.3. The number of fused-ring (bicyclic) bond motifs is 1. The van der Waals surface area contributed by atoms with Crippen molar-refractivity contribution in [2.75, 3.05) is 31.1 Å². The van der Waals surface area contributed by atoms with Crippen molar-refractivity contribution in [3.63, 3.8) is 0 Å². The molecule has 0 saturated carbocycles. The molecule has 0 spiro atoms. The average molecular weight is 547 g/mol. The second-order valence-electron chi connectivity index (χ2n) is 11.6. The Morgan fingerprint density at radius 3 is 1.90 bits per heavy atom. The molecule has 0 N–H and O–H groups in total. The largest absolute Gasteiger partial charge is 0.337 e. The molecule has 3 heterocycles. The molecule has 2 aromatic carbocycles. The van der Waals surface area contributed by atoms with Gasteiger partial charge >= 0.3 is 0 Å². The Hall–Kier alpha value is -3.30. The third-order valence-corrected chi connectivity index (χ3v) is 10.5. The van der Waals surface area contributed by atoms with Gasteiger partial charge in [0.05, 0.1) is 10.6 Å². The molecule has 0 unspecified atom stereocenters. The molecule has 206 valence electrons. The highest BCUT2D eigenvalue weighted by atomic mass is 32.2. The SMILES string of the molecule is Cc1c(C)c(C)c(S(=O)(=O)N2CCN(c3nc4nccc(-c5ccc(C(C)(C)C)cc5)n4n3)CC2)c(C)c1C. The molecule has 5 rings (SSSR count). The maximum atomic E-state index is 13.8. The van der Waals surface area contributed by atoms with Crippen LogP contribution in [0, 0.1) is 34.6 Å². The van der Waals surface area contributed by atoms with E-state index in [1.54, 1.807) is 15.0 Å². The van der Waals surface area contributed by atoms with Crippen molar-refractivity contribution in [3.8, 4) is 11.3 Å². The Bertz CT molecular complexity index is 1630. The molecule has 1 fully saturated rings. The third-order valence-electron chi connectivity index (χ3n) is 8.33. The van der Waals surface area contributed by atoms with Crippen LogP contribution in [0.5, 0.6) is 0 Å². The summed E-state index contributed by atoms with van der Waals surface area (Å²) in [5.41, 5.74) is 8.23. The molecule has 0 radical (unpaired) electrons. The number of anilines is 1. The monoisotopic (exact) mass is 546 g/mol. The maximum absolute atomic E-state index is 13.8. The second kappa shape index (κ2) is 9.71. The molecular weight excluding hydrogens is 508 g/mol. The minimum Gasteiger partial charge on any atom is -0.337 e. The van der Waals surface area contributed by atoms with Crippen molar-refractivity contribution >= 4 is 21.7 Å². The highest BCUT2D eigenvalue weighted by Crippen LogP contribution is 2.32. The first kappa shape index (κ1) is 27.3. The lowest BCUT2D eigenvalue weighted by Gasteiger charge is -2.34. The smallest absolute Gasteiger partial charge is 0.254 e. The van der Waals surface area contributed by atoms with E-state index < -0.39 is 10.0 Å². The van der Waals surface area contributed by atoms with Gasteiger partial charge < -0.3 is 4.90 Å². The molecule has 39 heavy (non-hydrogen) atoms. The van der Waals surface area contributed by atoms with Crippen LogP contribution < -0.4 is 4.90 Å². The van der Waals surface area contributed by atoms with Gasteiger partial charge in [0, 0.05) is 37.9 Å². The van der Waals surface area contributed by atoms with Crippen molar-refractivity contribution in [2.24, 2.45) is 0 Å². The van der Waals surface area contributed by atoms with E-state index in [1.807, 2.05) is 38.7 Å². The van der Waals surface area contributed by atoms with Crippen molar-refractivity contribution < 1.29 is 8.42 Å². The number of hydrogen-bond acceptors (Lipinski definition) is 6. The fourth-order valence-corrected chi connectivity index (χ4v) is 7.37. The quantitative estimate of drug-likeness (QED) is 0.352. The molecule has 1 saturated heterocycles. The zero-order valence-electron chi connectivity index (χ0n) is 24.2. The van der Waals surface area contributed by atoms with Crippen LogP contribution in [0.1, 0.15) is 54.2 Å². The van der Waals surface area contributed by atoms with Gasteiger partial charge in [0.2, 0.25) is 16.0 Å². The lowest BCUT2D eigenvalue weighted by molar-refractivity contribution is 0.382.